The molecule has 146 valence electrons. The van der Waals surface area contributed by atoms with Crippen molar-refractivity contribution in [1.29, 1.82) is 0 Å². The Morgan fingerprint density at radius 3 is 2.74 bits per heavy atom. The molecule has 1 aromatic heterocycles. The molecule has 27 heavy (non-hydrogen) atoms. The smallest absolute Gasteiger partial charge is 0.138 e. The quantitative estimate of drug-likeness (QED) is 0.646. The number of ether oxygens (including phenoxy) is 1. The molecule has 1 aromatic carbocycles. The van der Waals surface area contributed by atoms with Crippen molar-refractivity contribution in [3.63, 3.8) is 0 Å². The van der Waals surface area contributed by atoms with E-state index in [1.54, 1.807) is 0 Å². The SMILES string of the molecule is CO[C@@H]1CCC[C@]12CCCN(Cc1c(-c3c(Cl)cccc3Cl)noc1C)C2. The molecule has 0 amide bonds. The molecule has 2 atom stereocenters. The van der Waals surface area contributed by atoms with E-state index in [4.69, 9.17) is 32.5 Å². The normalized spacial score (nSPS) is 26.1. The molecule has 1 spiro atoms. The highest BCUT2D eigenvalue weighted by atomic mass is 35.5. The molecule has 4 nitrogen and oxygen atoms in total. The average Bonchev–Trinajstić information content (AvgIpc) is 3.19. The Kier molecular flexibility index (Phi) is 5.52. The second kappa shape index (κ2) is 7.75. The monoisotopic (exact) mass is 408 g/mol. The molecule has 6 heteroatoms. The summed E-state index contributed by atoms with van der Waals surface area (Å²) in [4.78, 5) is 2.52. The maximum absolute atomic E-state index is 6.43. The number of methoxy groups -OCH3 is 1. The number of hydrogen-bond donors (Lipinski definition) is 0. The van der Waals surface area contributed by atoms with Crippen LogP contribution < -0.4 is 0 Å². The zero-order valence-corrected chi connectivity index (χ0v) is 17.4. The minimum absolute atomic E-state index is 0.292. The van der Waals surface area contributed by atoms with Gasteiger partial charge in [0.1, 0.15) is 11.5 Å². The van der Waals surface area contributed by atoms with Crippen molar-refractivity contribution in [3.05, 3.63) is 39.6 Å². The van der Waals surface area contributed by atoms with Crippen LogP contribution in [0.1, 0.15) is 43.4 Å². The average molecular weight is 409 g/mol. The van der Waals surface area contributed by atoms with E-state index >= 15 is 0 Å². The van der Waals surface area contributed by atoms with Gasteiger partial charge in [-0.15, -0.1) is 0 Å². The van der Waals surface area contributed by atoms with Crippen molar-refractivity contribution < 1.29 is 9.26 Å². The van der Waals surface area contributed by atoms with E-state index in [-0.39, 0.29) is 0 Å². The van der Waals surface area contributed by atoms with Gasteiger partial charge in [-0.05, 0) is 51.3 Å². The lowest BCUT2D eigenvalue weighted by Crippen LogP contribution is -2.47. The first kappa shape index (κ1) is 19.3. The number of halogens is 2. The fourth-order valence-electron chi connectivity index (χ4n) is 5.06. The van der Waals surface area contributed by atoms with E-state index < -0.39 is 0 Å². The highest BCUT2D eigenvalue weighted by molar-refractivity contribution is 6.39. The fraction of sp³-hybridized carbons (Fsp3) is 0.571. The minimum atomic E-state index is 0.292. The van der Waals surface area contributed by atoms with Gasteiger partial charge in [-0.1, -0.05) is 40.8 Å². The molecule has 1 aliphatic heterocycles. The molecular weight excluding hydrogens is 383 g/mol. The van der Waals surface area contributed by atoms with Gasteiger partial charge >= 0.3 is 0 Å². The van der Waals surface area contributed by atoms with Crippen molar-refractivity contribution in [2.45, 2.75) is 51.7 Å². The van der Waals surface area contributed by atoms with Gasteiger partial charge in [-0.25, -0.2) is 0 Å². The molecule has 4 rings (SSSR count). The first-order chi connectivity index (χ1) is 13.0. The van der Waals surface area contributed by atoms with E-state index in [9.17, 15) is 0 Å². The molecule has 2 heterocycles. The summed E-state index contributed by atoms with van der Waals surface area (Å²) in [6.07, 6.45) is 6.53. The van der Waals surface area contributed by atoms with E-state index in [2.05, 4.69) is 10.1 Å². The topological polar surface area (TPSA) is 38.5 Å². The number of hydrogen-bond acceptors (Lipinski definition) is 4. The van der Waals surface area contributed by atoms with Crippen LogP contribution in [0.25, 0.3) is 11.3 Å². The summed E-state index contributed by atoms with van der Waals surface area (Å²) in [5.74, 6) is 0.829. The van der Waals surface area contributed by atoms with Crippen LogP contribution in [0.4, 0.5) is 0 Å². The number of benzene rings is 1. The van der Waals surface area contributed by atoms with Gasteiger partial charge < -0.3 is 9.26 Å². The highest BCUT2D eigenvalue weighted by Gasteiger charge is 2.45. The summed E-state index contributed by atoms with van der Waals surface area (Å²) >= 11 is 12.9. The van der Waals surface area contributed by atoms with E-state index in [1.807, 2.05) is 32.2 Å². The lowest BCUT2D eigenvalue weighted by atomic mass is 9.76. The molecule has 1 saturated carbocycles. The summed E-state index contributed by atoms with van der Waals surface area (Å²) < 4.78 is 11.4. The third-order valence-electron chi connectivity index (χ3n) is 6.36. The van der Waals surface area contributed by atoms with Crippen LogP contribution in [0.5, 0.6) is 0 Å². The Morgan fingerprint density at radius 1 is 1.26 bits per heavy atom. The largest absolute Gasteiger partial charge is 0.381 e. The maximum Gasteiger partial charge on any atom is 0.138 e. The van der Waals surface area contributed by atoms with Gasteiger partial charge in [0.15, 0.2) is 0 Å². The van der Waals surface area contributed by atoms with Crippen LogP contribution in [0.2, 0.25) is 10.0 Å². The van der Waals surface area contributed by atoms with Crippen LogP contribution >= 0.6 is 23.2 Å². The molecule has 1 saturated heterocycles. The van der Waals surface area contributed by atoms with Crippen LogP contribution in [0.3, 0.4) is 0 Å². The zero-order chi connectivity index (χ0) is 19.0. The van der Waals surface area contributed by atoms with Gasteiger partial charge in [0.2, 0.25) is 0 Å². The molecule has 2 aromatic rings. The lowest BCUT2D eigenvalue weighted by Gasteiger charge is -2.43. The summed E-state index contributed by atoms with van der Waals surface area (Å²) in [5, 5.41) is 5.50. The van der Waals surface area contributed by atoms with E-state index in [0.717, 1.165) is 42.2 Å². The predicted octanol–water partition coefficient (Wildman–Crippen LogP) is 5.74. The molecule has 2 fully saturated rings. The minimum Gasteiger partial charge on any atom is -0.381 e. The van der Waals surface area contributed by atoms with Crippen molar-refractivity contribution in [2.75, 3.05) is 20.2 Å². The van der Waals surface area contributed by atoms with Crippen LogP contribution in [-0.4, -0.2) is 36.4 Å². The zero-order valence-electron chi connectivity index (χ0n) is 15.9. The summed E-state index contributed by atoms with van der Waals surface area (Å²) in [5.41, 5.74) is 2.89. The number of nitrogens with zero attached hydrogens (tertiary/aromatic N) is 2. The van der Waals surface area contributed by atoms with Crippen molar-refractivity contribution >= 4 is 23.2 Å². The van der Waals surface area contributed by atoms with E-state index in [0.29, 0.717) is 21.6 Å². The Balaban J connectivity index is 1.61. The first-order valence-electron chi connectivity index (χ1n) is 9.69. The maximum atomic E-state index is 6.43. The van der Waals surface area contributed by atoms with Crippen molar-refractivity contribution in [1.82, 2.24) is 10.1 Å². The van der Waals surface area contributed by atoms with Gasteiger partial charge in [0.05, 0.1) is 16.1 Å². The van der Waals surface area contributed by atoms with E-state index in [1.165, 1.54) is 32.1 Å². The number of piperidine rings is 1. The number of aromatic nitrogens is 1. The number of aryl methyl sites for hydroxylation is 1. The molecule has 0 N–H and O–H groups in total. The Morgan fingerprint density at radius 2 is 2.00 bits per heavy atom. The Labute approximate surface area is 170 Å². The third-order valence-corrected chi connectivity index (χ3v) is 6.99. The highest BCUT2D eigenvalue weighted by Crippen LogP contribution is 2.47. The van der Waals surface area contributed by atoms with Gasteiger partial charge in [0, 0.05) is 36.7 Å². The second-order valence-electron chi connectivity index (χ2n) is 7.96. The third kappa shape index (κ3) is 3.53. The number of likely N-dealkylation sites (tertiary alicyclic amines) is 1. The van der Waals surface area contributed by atoms with Gasteiger partial charge in [-0.2, -0.15) is 0 Å². The van der Waals surface area contributed by atoms with Crippen LogP contribution in [0, 0.1) is 12.3 Å². The molecule has 0 radical (unpaired) electrons. The van der Waals surface area contributed by atoms with Crippen LogP contribution in [-0.2, 0) is 11.3 Å². The van der Waals surface area contributed by atoms with Crippen molar-refractivity contribution in [3.8, 4) is 11.3 Å². The summed E-state index contributed by atoms with van der Waals surface area (Å²) in [6, 6.07) is 5.53. The fourth-order valence-corrected chi connectivity index (χ4v) is 5.63. The molecule has 2 aliphatic rings. The van der Waals surface area contributed by atoms with Gasteiger partial charge in [0.25, 0.3) is 0 Å². The molecule has 0 bridgehead atoms. The summed E-state index contributed by atoms with van der Waals surface area (Å²) in [7, 11) is 1.86. The molecule has 1 aliphatic carbocycles. The Bertz CT molecular complexity index is 802. The van der Waals surface area contributed by atoms with Gasteiger partial charge in [-0.3, -0.25) is 4.90 Å². The Hall–Kier alpha value is -1.07. The second-order valence-corrected chi connectivity index (χ2v) is 8.77. The van der Waals surface area contributed by atoms with Crippen molar-refractivity contribution in [2.24, 2.45) is 5.41 Å². The standard InChI is InChI=1S/C21H26Cl2N2O2/c1-14-15(20(24-27-14)19-16(22)6-3-7-17(19)23)12-25-11-5-10-21(13-25)9-4-8-18(21)26-2/h3,6-7,18H,4-5,8-13H2,1-2H3/t18-,21-/m1/s1. The molecule has 0 unspecified atom stereocenters. The molecular formula is C21H26Cl2N2O2. The van der Waals surface area contributed by atoms with Crippen LogP contribution in [0.15, 0.2) is 22.7 Å². The first-order valence-corrected chi connectivity index (χ1v) is 10.4. The summed E-state index contributed by atoms with van der Waals surface area (Å²) in [6.45, 7) is 4.90. The number of rotatable bonds is 4. The predicted molar refractivity (Wildman–Crippen MR) is 108 cm³/mol. The lowest BCUT2D eigenvalue weighted by molar-refractivity contribution is -0.0366.